The average molecular weight is 390 g/mol. The second kappa shape index (κ2) is 8.33. The van der Waals surface area contributed by atoms with Crippen LogP contribution in [0.15, 0.2) is 36.4 Å². The Labute approximate surface area is 158 Å². The van der Waals surface area contributed by atoms with Crippen LogP contribution >= 0.6 is 0 Å². The summed E-state index contributed by atoms with van der Waals surface area (Å²) in [5, 5.41) is 13.7. The van der Waals surface area contributed by atoms with Gasteiger partial charge in [-0.25, -0.2) is 9.18 Å². The van der Waals surface area contributed by atoms with E-state index in [4.69, 9.17) is 14.2 Å². The largest absolute Gasteiger partial charge is 0.486 e. The van der Waals surface area contributed by atoms with Crippen molar-refractivity contribution in [2.45, 2.75) is 6.54 Å². The van der Waals surface area contributed by atoms with E-state index in [1.807, 2.05) is 0 Å². The third-order valence-electron chi connectivity index (χ3n) is 3.81. The van der Waals surface area contributed by atoms with Crippen LogP contribution in [0, 0.1) is 15.9 Å². The zero-order chi connectivity index (χ0) is 20.1. The molecule has 0 spiro atoms. The topological polar surface area (TPSA) is 117 Å². The molecule has 2 aromatic carbocycles. The van der Waals surface area contributed by atoms with Crippen LogP contribution in [0.2, 0.25) is 0 Å². The van der Waals surface area contributed by atoms with Crippen molar-refractivity contribution >= 4 is 17.6 Å². The first-order valence-corrected chi connectivity index (χ1v) is 8.20. The molecule has 0 radical (unpaired) electrons. The number of rotatable bonds is 6. The van der Waals surface area contributed by atoms with E-state index in [0.717, 1.165) is 12.1 Å². The molecule has 1 aliphatic heterocycles. The molecule has 146 valence electrons. The Balaban J connectivity index is 1.61. The fraction of sp³-hybridized carbons (Fsp3) is 0.222. The molecule has 1 N–H and O–H groups in total. The van der Waals surface area contributed by atoms with Gasteiger partial charge in [0.15, 0.2) is 18.1 Å². The first-order chi connectivity index (χ1) is 13.4. The predicted molar refractivity (Wildman–Crippen MR) is 92.6 cm³/mol. The molecule has 1 aliphatic rings. The minimum Gasteiger partial charge on any atom is -0.486 e. The quantitative estimate of drug-likeness (QED) is 0.455. The lowest BCUT2D eigenvalue weighted by molar-refractivity contribution is -0.385. The number of carbonyl (C=O) groups excluding carboxylic acids is 2. The van der Waals surface area contributed by atoms with Gasteiger partial charge in [-0.2, -0.15) is 0 Å². The maximum Gasteiger partial charge on any atom is 0.345 e. The third-order valence-corrected chi connectivity index (χ3v) is 3.81. The first kappa shape index (κ1) is 19.1. The van der Waals surface area contributed by atoms with Crippen LogP contribution in [0.4, 0.5) is 10.1 Å². The van der Waals surface area contributed by atoms with Crippen LogP contribution in [0.1, 0.15) is 15.9 Å². The van der Waals surface area contributed by atoms with Crippen LogP contribution in [0.5, 0.6) is 11.5 Å². The van der Waals surface area contributed by atoms with Crippen molar-refractivity contribution in [3.05, 3.63) is 63.5 Å². The van der Waals surface area contributed by atoms with Gasteiger partial charge < -0.3 is 19.5 Å². The molecular formula is C18H15FN2O7. The average Bonchev–Trinajstić information content (AvgIpc) is 2.70. The van der Waals surface area contributed by atoms with Gasteiger partial charge in [-0.1, -0.05) is 12.1 Å². The number of benzene rings is 2. The zero-order valence-electron chi connectivity index (χ0n) is 14.5. The number of esters is 1. The van der Waals surface area contributed by atoms with E-state index in [1.54, 1.807) is 0 Å². The van der Waals surface area contributed by atoms with E-state index in [-0.39, 0.29) is 36.8 Å². The number of carbonyl (C=O) groups is 2. The Hall–Kier alpha value is -3.69. The van der Waals surface area contributed by atoms with Gasteiger partial charge in [0.2, 0.25) is 0 Å². The Bertz CT molecular complexity index is 915. The Morgan fingerprint density at radius 2 is 1.79 bits per heavy atom. The molecule has 1 heterocycles. The molecule has 3 rings (SSSR count). The molecule has 28 heavy (non-hydrogen) atoms. The molecule has 10 heteroatoms. The Morgan fingerprint density at radius 3 is 2.43 bits per heavy atom. The number of halogens is 1. The second-order valence-corrected chi connectivity index (χ2v) is 5.75. The fourth-order valence-electron chi connectivity index (χ4n) is 2.46. The van der Waals surface area contributed by atoms with Crippen molar-refractivity contribution in [1.29, 1.82) is 0 Å². The minimum atomic E-state index is -1.04. The van der Waals surface area contributed by atoms with Crippen molar-refractivity contribution < 1.29 is 33.1 Å². The van der Waals surface area contributed by atoms with Gasteiger partial charge in [-0.15, -0.1) is 0 Å². The summed E-state index contributed by atoms with van der Waals surface area (Å²) in [5.41, 5.74) is -0.204. The van der Waals surface area contributed by atoms with Gasteiger partial charge in [0, 0.05) is 12.6 Å². The van der Waals surface area contributed by atoms with Gasteiger partial charge in [0.1, 0.15) is 24.6 Å². The molecule has 0 atom stereocenters. The summed E-state index contributed by atoms with van der Waals surface area (Å²) in [6.45, 7) is -0.0419. The third kappa shape index (κ3) is 4.53. The molecule has 1 amide bonds. The van der Waals surface area contributed by atoms with Crippen LogP contribution in [0.3, 0.4) is 0 Å². The monoisotopic (exact) mass is 390 g/mol. The minimum absolute atomic E-state index is 0.112. The lowest BCUT2D eigenvalue weighted by atomic mass is 10.1. The summed E-state index contributed by atoms with van der Waals surface area (Å²) in [6.07, 6.45) is 0. The predicted octanol–water partition coefficient (Wildman–Crippen LogP) is 1.98. The van der Waals surface area contributed by atoms with Crippen molar-refractivity contribution in [2.24, 2.45) is 0 Å². The molecule has 0 saturated carbocycles. The summed E-state index contributed by atoms with van der Waals surface area (Å²) in [5.74, 6) is -1.71. The molecule has 0 aromatic heterocycles. The molecule has 0 bridgehead atoms. The van der Waals surface area contributed by atoms with E-state index in [2.05, 4.69) is 5.32 Å². The van der Waals surface area contributed by atoms with Crippen molar-refractivity contribution in [3.8, 4) is 11.5 Å². The summed E-state index contributed by atoms with van der Waals surface area (Å²) in [4.78, 5) is 34.5. The standard InChI is InChI=1S/C18H15FN2O7/c19-12-3-1-11(2-4-12)9-20-17(22)10-28-18(23)13-7-15-16(27-6-5-26-15)8-14(13)21(24)25/h1-4,7-8H,5-6,9-10H2,(H,20,22). The van der Waals surface area contributed by atoms with Crippen LogP contribution in [-0.2, 0) is 16.1 Å². The van der Waals surface area contributed by atoms with E-state index in [0.29, 0.717) is 5.56 Å². The highest BCUT2D eigenvalue weighted by Gasteiger charge is 2.27. The number of ether oxygens (including phenoxy) is 3. The molecule has 0 aliphatic carbocycles. The summed E-state index contributed by atoms with van der Waals surface area (Å²) in [6, 6.07) is 7.75. The summed E-state index contributed by atoms with van der Waals surface area (Å²) >= 11 is 0. The Morgan fingerprint density at radius 1 is 1.14 bits per heavy atom. The van der Waals surface area contributed by atoms with Crippen LogP contribution in [-0.4, -0.2) is 36.6 Å². The second-order valence-electron chi connectivity index (χ2n) is 5.75. The van der Waals surface area contributed by atoms with Crippen molar-refractivity contribution in [2.75, 3.05) is 19.8 Å². The number of amides is 1. The number of nitrogens with zero attached hydrogens (tertiary/aromatic N) is 1. The van der Waals surface area contributed by atoms with Crippen molar-refractivity contribution in [1.82, 2.24) is 5.32 Å². The summed E-state index contributed by atoms with van der Waals surface area (Å²) < 4.78 is 28.3. The van der Waals surface area contributed by atoms with Crippen LogP contribution in [0.25, 0.3) is 0 Å². The molecule has 0 fully saturated rings. The smallest absolute Gasteiger partial charge is 0.345 e. The highest BCUT2D eigenvalue weighted by Crippen LogP contribution is 2.36. The number of nitro groups is 1. The van der Waals surface area contributed by atoms with E-state index in [9.17, 15) is 24.1 Å². The molecular weight excluding hydrogens is 375 g/mol. The molecule has 2 aromatic rings. The van der Waals surface area contributed by atoms with Crippen LogP contribution < -0.4 is 14.8 Å². The van der Waals surface area contributed by atoms with E-state index in [1.165, 1.54) is 24.3 Å². The van der Waals surface area contributed by atoms with Gasteiger partial charge >= 0.3 is 5.97 Å². The van der Waals surface area contributed by atoms with E-state index >= 15 is 0 Å². The Kier molecular flexibility index (Phi) is 5.68. The molecule has 0 saturated heterocycles. The number of hydrogen-bond acceptors (Lipinski definition) is 7. The lowest BCUT2D eigenvalue weighted by Gasteiger charge is -2.18. The number of nitrogens with one attached hydrogen (secondary N) is 1. The van der Waals surface area contributed by atoms with E-state index < -0.39 is 34.9 Å². The van der Waals surface area contributed by atoms with Gasteiger partial charge in [0.25, 0.3) is 11.6 Å². The maximum atomic E-state index is 12.8. The maximum absolute atomic E-state index is 12.8. The van der Waals surface area contributed by atoms with Gasteiger partial charge in [-0.05, 0) is 17.7 Å². The van der Waals surface area contributed by atoms with Crippen molar-refractivity contribution in [3.63, 3.8) is 0 Å². The highest BCUT2D eigenvalue weighted by atomic mass is 19.1. The summed E-state index contributed by atoms with van der Waals surface area (Å²) in [7, 11) is 0. The normalized spacial score (nSPS) is 12.2. The molecule has 0 unspecified atom stereocenters. The lowest BCUT2D eigenvalue weighted by Crippen LogP contribution is -2.28. The first-order valence-electron chi connectivity index (χ1n) is 8.20. The number of nitro benzene ring substituents is 1. The fourth-order valence-corrected chi connectivity index (χ4v) is 2.46. The zero-order valence-corrected chi connectivity index (χ0v) is 14.5. The van der Waals surface area contributed by atoms with Gasteiger partial charge in [-0.3, -0.25) is 14.9 Å². The SMILES string of the molecule is O=C(COC(=O)c1cc2c(cc1[N+](=O)[O-])OCCO2)NCc1ccc(F)cc1. The number of fused-ring (bicyclic) bond motifs is 1. The molecule has 9 nitrogen and oxygen atoms in total. The van der Waals surface area contributed by atoms with Gasteiger partial charge in [0.05, 0.1) is 11.0 Å². The number of hydrogen-bond donors (Lipinski definition) is 1. The highest BCUT2D eigenvalue weighted by molar-refractivity contribution is 5.96.